The zero-order valence-corrected chi connectivity index (χ0v) is 12.4. The van der Waals surface area contributed by atoms with Crippen LogP contribution in [0.4, 0.5) is 0 Å². The van der Waals surface area contributed by atoms with E-state index in [2.05, 4.69) is 29.0 Å². The van der Waals surface area contributed by atoms with Crippen LogP contribution in [-0.2, 0) is 11.2 Å². The van der Waals surface area contributed by atoms with Crippen molar-refractivity contribution in [1.29, 1.82) is 0 Å². The molecule has 1 N–H and O–H groups in total. The number of nitrogens with one attached hydrogen (secondary N) is 1. The van der Waals surface area contributed by atoms with Gasteiger partial charge in [0, 0.05) is 0 Å². The van der Waals surface area contributed by atoms with E-state index >= 15 is 0 Å². The number of hydrogen-bond donors (Lipinski definition) is 1. The molecular formula is C16H20N2OS. The minimum atomic E-state index is 0.273. The number of aryl methyl sites for hydroxylation is 1. The lowest BCUT2D eigenvalue weighted by atomic mass is 9.97. The molecule has 1 aromatic rings. The van der Waals surface area contributed by atoms with Crippen molar-refractivity contribution in [2.75, 3.05) is 0 Å². The summed E-state index contributed by atoms with van der Waals surface area (Å²) < 4.78 is 9.41. The van der Waals surface area contributed by atoms with Crippen LogP contribution in [0, 0.1) is 0 Å². The van der Waals surface area contributed by atoms with Crippen LogP contribution in [0.15, 0.2) is 29.3 Å². The summed E-state index contributed by atoms with van der Waals surface area (Å²) in [4.78, 5) is 4.83. The molecule has 2 aliphatic carbocycles. The summed E-state index contributed by atoms with van der Waals surface area (Å²) in [5.74, 6) is 0. The van der Waals surface area contributed by atoms with Gasteiger partial charge in [-0.3, -0.25) is 4.72 Å². The second-order valence-corrected chi connectivity index (χ2v) is 6.93. The highest BCUT2D eigenvalue weighted by atomic mass is 32.2. The average Bonchev–Trinajstić information content (AvgIpc) is 2.91. The maximum atomic E-state index is 6.09. The lowest BCUT2D eigenvalue weighted by molar-refractivity contribution is 0.137. The number of benzene rings is 1. The Morgan fingerprint density at radius 1 is 1.15 bits per heavy atom. The Balaban J connectivity index is 1.51. The SMILES string of the molecule is c1ccc2c(c1)CC[C@H]2N=C1NSC2CCCCC2O1. The quantitative estimate of drug-likeness (QED) is 0.802. The number of aliphatic imine (C=N–C) groups is 1. The van der Waals surface area contributed by atoms with Gasteiger partial charge in [-0.15, -0.1) is 0 Å². The van der Waals surface area contributed by atoms with Crippen LogP contribution in [0.1, 0.15) is 49.3 Å². The molecule has 1 aromatic carbocycles. The number of amidine groups is 1. The number of ether oxygens (including phenoxy) is 1. The third-order valence-corrected chi connectivity index (χ3v) is 5.71. The second-order valence-electron chi connectivity index (χ2n) is 5.89. The molecule has 0 aromatic heterocycles. The highest BCUT2D eigenvalue weighted by Gasteiger charge is 2.33. The van der Waals surface area contributed by atoms with Crippen LogP contribution < -0.4 is 4.72 Å². The van der Waals surface area contributed by atoms with E-state index in [1.165, 1.54) is 36.8 Å². The minimum Gasteiger partial charge on any atom is -0.460 e. The van der Waals surface area contributed by atoms with Crippen molar-refractivity contribution in [3.05, 3.63) is 35.4 Å². The fourth-order valence-corrected chi connectivity index (χ4v) is 4.47. The molecule has 1 saturated carbocycles. The molecule has 0 spiro atoms. The first-order valence-electron chi connectivity index (χ1n) is 7.64. The summed E-state index contributed by atoms with van der Waals surface area (Å²) in [6, 6.07) is 9.67. The summed E-state index contributed by atoms with van der Waals surface area (Å²) in [5, 5.41) is 0.610. The summed E-state index contributed by atoms with van der Waals surface area (Å²) in [5.41, 5.74) is 2.82. The Labute approximate surface area is 124 Å². The van der Waals surface area contributed by atoms with E-state index in [0.29, 0.717) is 11.4 Å². The maximum absolute atomic E-state index is 6.09. The predicted octanol–water partition coefficient (Wildman–Crippen LogP) is 3.61. The normalized spacial score (nSPS) is 34.0. The molecule has 4 heteroatoms. The van der Waals surface area contributed by atoms with E-state index in [1.54, 1.807) is 0 Å². The lowest BCUT2D eigenvalue weighted by Gasteiger charge is -2.36. The first kappa shape index (κ1) is 12.6. The number of fused-ring (bicyclic) bond motifs is 2. The summed E-state index contributed by atoms with van der Waals surface area (Å²) in [6.45, 7) is 0. The summed E-state index contributed by atoms with van der Waals surface area (Å²) in [6.07, 6.45) is 7.68. The Morgan fingerprint density at radius 2 is 2.05 bits per heavy atom. The van der Waals surface area contributed by atoms with E-state index in [1.807, 2.05) is 11.9 Å². The predicted molar refractivity (Wildman–Crippen MR) is 82.8 cm³/mol. The number of hydrogen-bond acceptors (Lipinski definition) is 3. The third kappa shape index (κ3) is 2.30. The van der Waals surface area contributed by atoms with Gasteiger partial charge in [-0.2, -0.15) is 0 Å². The van der Waals surface area contributed by atoms with Gasteiger partial charge >= 0.3 is 0 Å². The molecule has 0 amide bonds. The monoisotopic (exact) mass is 288 g/mol. The van der Waals surface area contributed by atoms with Gasteiger partial charge < -0.3 is 4.74 Å². The molecule has 1 saturated heterocycles. The highest BCUT2D eigenvalue weighted by Crippen LogP contribution is 2.36. The van der Waals surface area contributed by atoms with E-state index in [4.69, 9.17) is 9.73 Å². The van der Waals surface area contributed by atoms with Crippen LogP contribution in [0.3, 0.4) is 0 Å². The third-order valence-electron chi connectivity index (χ3n) is 4.58. The van der Waals surface area contributed by atoms with Gasteiger partial charge in [-0.1, -0.05) is 30.7 Å². The van der Waals surface area contributed by atoms with Crippen molar-refractivity contribution < 1.29 is 4.74 Å². The van der Waals surface area contributed by atoms with Gasteiger partial charge in [0.2, 0.25) is 0 Å². The molecule has 3 aliphatic rings. The Morgan fingerprint density at radius 3 is 3.05 bits per heavy atom. The molecule has 4 rings (SSSR count). The molecule has 1 aliphatic heterocycles. The van der Waals surface area contributed by atoms with Crippen LogP contribution >= 0.6 is 11.9 Å². The van der Waals surface area contributed by atoms with E-state index in [9.17, 15) is 0 Å². The van der Waals surface area contributed by atoms with Crippen molar-refractivity contribution in [1.82, 2.24) is 4.72 Å². The fraction of sp³-hybridized carbons (Fsp3) is 0.562. The van der Waals surface area contributed by atoms with Gasteiger partial charge in [0.15, 0.2) is 0 Å². The first-order chi connectivity index (χ1) is 9.90. The highest BCUT2D eigenvalue weighted by molar-refractivity contribution is 7.98. The molecular weight excluding hydrogens is 268 g/mol. The van der Waals surface area contributed by atoms with E-state index in [-0.39, 0.29) is 6.04 Å². The average molecular weight is 288 g/mol. The molecule has 2 fully saturated rings. The largest absolute Gasteiger partial charge is 0.460 e. The molecule has 3 atom stereocenters. The van der Waals surface area contributed by atoms with Crippen molar-refractivity contribution in [2.24, 2.45) is 4.99 Å². The van der Waals surface area contributed by atoms with Gasteiger partial charge in [-0.25, -0.2) is 4.99 Å². The lowest BCUT2D eigenvalue weighted by Crippen LogP contribution is -2.42. The molecule has 2 unspecified atom stereocenters. The van der Waals surface area contributed by atoms with Crippen molar-refractivity contribution in [3.63, 3.8) is 0 Å². The smallest absolute Gasteiger partial charge is 0.295 e. The zero-order chi connectivity index (χ0) is 13.4. The molecule has 20 heavy (non-hydrogen) atoms. The van der Waals surface area contributed by atoms with Gasteiger partial charge in [0.05, 0.1) is 11.3 Å². The topological polar surface area (TPSA) is 33.6 Å². The molecule has 0 radical (unpaired) electrons. The van der Waals surface area contributed by atoms with Gasteiger partial charge in [0.25, 0.3) is 6.02 Å². The zero-order valence-electron chi connectivity index (χ0n) is 11.5. The molecule has 106 valence electrons. The van der Waals surface area contributed by atoms with Gasteiger partial charge in [0.1, 0.15) is 6.10 Å². The van der Waals surface area contributed by atoms with Crippen molar-refractivity contribution >= 4 is 18.0 Å². The Kier molecular flexibility index (Phi) is 3.34. The summed E-state index contributed by atoms with van der Waals surface area (Å²) in [7, 11) is 0. The number of rotatable bonds is 1. The van der Waals surface area contributed by atoms with Crippen LogP contribution in [0.2, 0.25) is 0 Å². The van der Waals surface area contributed by atoms with Crippen molar-refractivity contribution in [2.45, 2.75) is 55.9 Å². The summed E-state index contributed by atoms with van der Waals surface area (Å²) >= 11 is 1.81. The molecule has 0 bridgehead atoms. The Bertz CT molecular complexity index is 531. The first-order valence-corrected chi connectivity index (χ1v) is 8.52. The standard InChI is InChI=1S/C16H20N2OS/c1-2-6-12-11(5-1)9-10-13(12)17-16-18-20-15-8-4-3-7-14(15)19-16/h1-2,5-6,13-15H,3-4,7-10H2,(H,17,18)/t13-,14?,15?/m1/s1. The van der Waals surface area contributed by atoms with Crippen LogP contribution in [-0.4, -0.2) is 17.4 Å². The molecule has 1 heterocycles. The fourth-order valence-electron chi connectivity index (χ4n) is 3.49. The van der Waals surface area contributed by atoms with Crippen molar-refractivity contribution in [3.8, 4) is 0 Å². The van der Waals surface area contributed by atoms with Gasteiger partial charge in [-0.05, 0) is 55.2 Å². The van der Waals surface area contributed by atoms with Crippen LogP contribution in [0.5, 0.6) is 0 Å². The Hall–Kier alpha value is -1.16. The minimum absolute atomic E-state index is 0.273. The second kappa shape index (κ2) is 5.32. The van der Waals surface area contributed by atoms with E-state index in [0.717, 1.165) is 18.9 Å². The van der Waals surface area contributed by atoms with E-state index < -0.39 is 0 Å². The maximum Gasteiger partial charge on any atom is 0.295 e. The van der Waals surface area contributed by atoms with Crippen LogP contribution in [0.25, 0.3) is 0 Å². The molecule has 3 nitrogen and oxygen atoms in total. The number of nitrogens with zero attached hydrogens (tertiary/aromatic N) is 1.